The van der Waals surface area contributed by atoms with Gasteiger partial charge in [0.2, 0.25) is 5.78 Å². The molecule has 0 unspecified atom stereocenters. The lowest BCUT2D eigenvalue weighted by molar-refractivity contribution is 0.103. The van der Waals surface area contributed by atoms with Crippen LogP contribution in [0.3, 0.4) is 0 Å². The number of carbonyl (C=O) groups is 1. The van der Waals surface area contributed by atoms with Crippen molar-refractivity contribution in [3.8, 4) is 0 Å². The van der Waals surface area contributed by atoms with E-state index in [2.05, 4.69) is 15.9 Å². The van der Waals surface area contributed by atoms with Gasteiger partial charge in [0.05, 0.1) is 14.9 Å². The second-order valence-corrected chi connectivity index (χ2v) is 6.69. The van der Waals surface area contributed by atoms with Crippen molar-refractivity contribution in [1.29, 1.82) is 0 Å². The van der Waals surface area contributed by atoms with E-state index in [0.29, 0.717) is 9.35 Å². The molecule has 1 aromatic heterocycles. The summed E-state index contributed by atoms with van der Waals surface area (Å²) < 4.78 is 14.3. The first-order valence-electron chi connectivity index (χ1n) is 6.27. The van der Waals surface area contributed by atoms with Crippen molar-refractivity contribution in [3.05, 3.63) is 55.4 Å². The van der Waals surface area contributed by atoms with Gasteiger partial charge in [-0.3, -0.25) is 4.79 Å². The SMILES string of the molecule is O=C(c1cc2c(s1)CCCC2)c1cccc(Br)c1F. The molecule has 0 spiro atoms. The molecule has 1 aromatic carbocycles. The number of aryl methyl sites for hydroxylation is 2. The summed E-state index contributed by atoms with van der Waals surface area (Å²) in [5.74, 6) is -0.683. The van der Waals surface area contributed by atoms with E-state index in [9.17, 15) is 9.18 Å². The predicted molar refractivity (Wildman–Crippen MR) is 78.5 cm³/mol. The minimum Gasteiger partial charge on any atom is -0.288 e. The van der Waals surface area contributed by atoms with Crippen molar-refractivity contribution in [1.82, 2.24) is 0 Å². The van der Waals surface area contributed by atoms with Crippen molar-refractivity contribution in [2.45, 2.75) is 25.7 Å². The smallest absolute Gasteiger partial charge is 0.205 e. The first kappa shape index (κ1) is 13.0. The Labute approximate surface area is 123 Å². The zero-order valence-corrected chi connectivity index (χ0v) is 12.6. The van der Waals surface area contributed by atoms with Crippen molar-refractivity contribution in [2.24, 2.45) is 0 Å². The van der Waals surface area contributed by atoms with Crippen molar-refractivity contribution >= 4 is 33.0 Å². The highest BCUT2D eigenvalue weighted by Crippen LogP contribution is 2.31. The van der Waals surface area contributed by atoms with Gasteiger partial charge in [-0.2, -0.15) is 0 Å². The van der Waals surface area contributed by atoms with E-state index in [1.165, 1.54) is 34.6 Å². The molecule has 0 fully saturated rings. The molecule has 2 aromatic rings. The summed E-state index contributed by atoms with van der Waals surface area (Å²) in [5.41, 5.74) is 1.42. The number of fused-ring (bicyclic) bond motifs is 1. The maximum Gasteiger partial charge on any atom is 0.205 e. The molecule has 1 aliphatic carbocycles. The molecule has 0 radical (unpaired) electrons. The highest BCUT2D eigenvalue weighted by molar-refractivity contribution is 9.10. The maximum atomic E-state index is 14.0. The fraction of sp³-hybridized carbons (Fsp3) is 0.267. The number of benzene rings is 1. The molecular weight excluding hydrogens is 327 g/mol. The number of halogens is 2. The highest BCUT2D eigenvalue weighted by atomic mass is 79.9. The van der Waals surface area contributed by atoms with Gasteiger partial charge in [-0.05, 0) is 65.4 Å². The summed E-state index contributed by atoms with van der Waals surface area (Å²) >= 11 is 4.64. The predicted octanol–water partition coefficient (Wildman–Crippen LogP) is 4.76. The average molecular weight is 339 g/mol. The van der Waals surface area contributed by atoms with Crippen molar-refractivity contribution in [2.75, 3.05) is 0 Å². The standard InChI is InChI=1S/C15H12BrFOS/c16-11-6-3-5-10(14(11)17)15(18)13-8-9-4-1-2-7-12(9)19-13/h3,5-6,8H,1-2,4,7H2. The molecule has 3 rings (SSSR count). The summed E-state index contributed by atoms with van der Waals surface area (Å²) in [7, 11) is 0. The zero-order valence-electron chi connectivity index (χ0n) is 10.2. The van der Waals surface area contributed by atoms with E-state index in [1.54, 1.807) is 18.2 Å². The largest absolute Gasteiger partial charge is 0.288 e. The number of ketones is 1. The van der Waals surface area contributed by atoms with Crippen LogP contribution in [-0.4, -0.2) is 5.78 Å². The van der Waals surface area contributed by atoms with Gasteiger partial charge in [-0.15, -0.1) is 11.3 Å². The van der Waals surface area contributed by atoms with Gasteiger partial charge in [-0.1, -0.05) is 6.07 Å². The molecule has 1 heterocycles. The average Bonchev–Trinajstić information content (AvgIpc) is 2.85. The zero-order chi connectivity index (χ0) is 13.4. The van der Waals surface area contributed by atoms with Crippen LogP contribution in [0, 0.1) is 5.82 Å². The van der Waals surface area contributed by atoms with Gasteiger partial charge >= 0.3 is 0 Å². The van der Waals surface area contributed by atoms with E-state index >= 15 is 0 Å². The third-order valence-corrected chi connectivity index (χ3v) is 5.26. The van der Waals surface area contributed by atoms with Gasteiger partial charge in [0.1, 0.15) is 5.82 Å². The first-order chi connectivity index (χ1) is 9.16. The Morgan fingerprint density at radius 3 is 2.84 bits per heavy atom. The molecule has 0 atom stereocenters. The summed E-state index contributed by atoms with van der Waals surface area (Å²) in [4.78, 5) is 14.3. The summed E-state index contributed by atoms with van der Waals surface area (Å²) in [5, 5.41) is 0. The quantitative estimate of drug-likeness (QED) is 0.721. The van der Waals surface area contributed by atoms with Crippen LogP contribution in [0.15, 0.2) is 28.7 Å². The lowest BCUT2D eigenvalue weighted by Gasteiger charge is -2.08. The third kappa shape index (κ3) is 2.39. The Bertz CT molecular complexity index is 624. The second-order valence-electron chi connectivity index (χ2n) is 4.70. The van der Waals surface area contributed by atoms with Crippen LogP contribution in [0.1, 0.15) is 38.5 Å². The number of rotatable bonds is 2. The Morgan fingerprint density at radius 1 is 1.26 bits per heavy atom. The second kappa shape index (κ2) is 5.17. The number of thiophene rings is 1. The molecule has 0 N–H and O–H groups in total. The van der Waals surface area contributed by atoms with Crippen LogP contribution in [0.4, 0.5) is 4.39 Å². The fourth-order valence-corrected chi connectivity index (χ4v) is 3.99. The van der Waals surface area contributed by atoms with Gasteiger partial charge < -0.3 is 0 Å². The van der Waals surface area contributed by atoms with Crippen LogP contribution in [0.5, 0.6) is 0 Å². The van der Waals surface area contributed by atoms with Crippen LogP contribution < -0.4 is 0 Å². The number of hydrogen-bond acceptors (Lipinski definition) is 2. The van der Waals surface area contributed by atoms with E-state index in [1.807, 2.05) is 6.07 Å². The molecular formula is C15H12BrFOS. The number of hydrogen-bond donors (Lipinski definition) is 0. The molecule has 98 valence electrons. The van der Waals surface area contributed by atoms with Crippen molar-refractivity contribution in [3.63, 3.8) is 0 Å². The monoisotopic (exact) mass is 338 g/mol. The molecule has 4 heteroatoms. The first-order valence-corrected chi connectivity index (χ1v) is 7.88. The molecule has 1 nitrogen and oxygen atoms in total. The minimum absolute atomic E-state index is 0.146. The van der Waals surface area contributed by atoms with E-state index in [0.717, 1.165) is 12.8 Å². The molecule has 0 saturated carbocycles. The van der Waals surface area contributed by atoms with E-state index in [4.69, 9.17) is 0 Å². The third-order valence-electron chi connectivity index (χ3n) is 3.42. The number of carbonyl (C=O) groups excluding carboxylic acids is 1. The van der Waals surface area contributed by atoms with Gasteiger partial charge in [-0.25, -0.2) is 4.39 Å². The Kier molecular flexibility index (Phi) is 3.54. The van der Waals surface area contributed by atoms with Crippen LogP contribution in [-0.2, 0) is 12.8 Å². The van der Waals surface area contributed by atoms with Gasteiger partial charge in [0.25, 0.3) is 0 Å². The van der Waals surface area contributed by atoms with Gasteiger partial charge in [0.15, 0.2) is 0 Å². The van der Waals surface area contributed by atoms with Gasteiger partial charge in [0, 0.05) is 4.88 Å². The Hall–Kier alpha value is -1.000. The normalized spacial score (nSPS) is 14.2. The summed E-state index contributed by atoms with van der Waals surface area (Å²) in [6.07, 6.45) is 4.46. The molecule has 19 heavy (non-hydrogen) atoms. The van der Waals surface area contributed by atoms with E-state index < -0.39 is 5.82 Å². The lowest BCUT2D eigenvalue weighted by Crippen LogP contribution is -2.02. The summed E-state index contributed by atoms with van der Waals surface area (Å²) in [6, 6.07) is 6.78. The topological polar surface area (TPSA) is 17.1 Å². The van der Waals surface area contributed by atoms with Crippen LogP contribution >= 0.6 is 27.3 Å². The van der Waals surface area contributed by atoms with Crippen molar-refractivity contribution < 1.29 is 9.18 Å². The summed E-state index contributed by atoms with van der Waals surface area (Å²) in [6.45, 7) is 0. The molecule has 0 amide bonds. The minimum atomic E-state index is -0.473. The van der Waals surface area contributed by atoms with Crippen LogP contribution in [0.25, 0.3) is 0 Å². The Balaban J connectivity index is 2.00. The lowest BCUT2D eigenvalue weighted by atomic mass is 9.98. The highest BCUT2D eigenvalue weighted by Gasteiger charge is 2.21. The molecule has 1 aliphatic rings. The Morgan fingerprint density at radius 2 is 2.05 bits per heavy atom. The van der Waals surface area contributed by atoms with E-state index in [-0.39, 0.29) is 11.3 Å². The molecule has 0 saturated heterocycles. The van der Waals surface area contributed by atoms with Crippen LogP contribution in [0.2, 0.25) is 0 Å². The maximum absolute atomic E-state index is 14.0. The fourth-order valence-electron chi connectivity index (χ4n) is 2.41. The molecule has 0 aliphatic heterocycles. The molecule has 0 bridgehead atoms.